The van der Waals surface area contributed by atoms with Crippen molar-refractivity contribution in [3.63, 3.8) is 0 Å². The Kier molecular flexibility index (Phi) is 7.80. The van der Waals surface area contributed by atoms with E-state index in [2.05, 4.69) is 5.32 Å². The second-order valence-corrected chi connectivity index (χ2v) is 6.87. The van der Waals surface area contributed by atoms with E-state index in [4.69, 9.17) is 14.2 Å². The molecular formula is C15H24N2O6S. The molecule has 0 aliphatic heterocycles. The summed E-state index contributed by atoms with van der Waals surface area (Å²) in [4.78, 5) is 11.8. The minimum atomic E-state index is -3.60. The average molecular weight is 360 g/mol. The molecule has 1 amide bonds. The lowest BCUT2D eigenvalue weighted by atomic mass is 10.2. The maximum atomic E-state index is 12.2. The normalized spacial score (nSPS) is 11.0. The Labute approximate surface area is 142 Å². The molecule has 136 valence electrons. The Morgan fingerprint density at radius 3 is 2.46 bits per heavy atom. The van der Waals surface area contributed by atoms with Gasteiger partial charge < -0.3 is 19.5 Å². The molecule has 0 bridgehead atoms. The van der Waals surface area contributed by atoms with Crippen molar-refractivity contribution in [3.8, 4) is 11.5 Å². The van der Waals surface area contributed by atoms with Crippen LogP contribution in [0.25, 0.3) is 0 Å². The topological polar surface area (TPSA) is 94.2 Å². The van der Waals surface area contributed by atoms with E-state index in [1.54, 1.807) is 18.2 Å². The molecule has 1 aromatic carbocycles. The zero-order chi connectivity index (χ0) is 18.2. The predicted octanol–water partition coefficient (Wildman–Crippen LogP) is 0.622. The number of amides is 1. The summed E-state index contributed by atoms with van der Waals surface area (Å²) in [5, 5.41) is 2.65. The van der Waals surface area contributed by atoms with Crippen molar-refractivity contribution in [1.82, 2.24) is 5.32 Å². The van der Waals surface area contributed by atoms with Gasteiger partial charge in [0.15, 0.2) is 0 Å². The maximum absolute atomic E-state index is 12.2. The first kappa shape index (κ1) is 20.0. The fourth-order valence-electron chi connectivity index (χ4n) is 2.04. The highest BCUT2D eigenvalue weighted by molar-refractivity contribution is 7.92. The second-order valence-electron chi connectivity index (χ2n) is 4.97. The molecule has 24 heavy (non-hydrogen) atoms. The van der Waals surface area contributed by atoms with Crippen LogP contribution in [0, 0.1) is 0 Å². The fraction of sp³-hybridized carbons (Fsp3) is 0.533. The van der Waals surface area contributed by atoms with Crippen molar-refractivity contribution in [2.75, 3.05) is 51.6 Å². The Balaban J connectivity index is 2.97. The first-order chi connectivity index (χ1) is 11.3. The highest BCUT2D eigenvalue weighted by Gasteiger charge is 2.22. The molecule has 1 N–H and O–H groups in total. The second kappa shape index (κ2) is 9.33. The number of nitrogens with one attached hydrogen (secondary N) is 1. The molecule has 0 heterocycles. The molecule has 9 heteroatoms. The Hall–Kier alpha value is -2.00. The maximum Gasteiger partial charge on any atom is 0.232 e. The van der Waals surface area contributed by atoms with Gasteiger partial charge in [-0.3, -0.25) is 9.10 Å². The molecule has 0 fully saturated rings. The Bertz CT molecular complexity index is 647. The number of benzene rings is 1. The number of rotatable bonds is 10. The van der Waals surface area contributed by atoms with Crippen LogP contribution in [0.3, 0.4) is 0 Å². The summed E-state index contributed by atoms with van der Waals surface area (Å²) in [7, 11) is 0.864. The highest BCUT2D eigenvalue weighted by atomic mass is 32.2. The molecule has 0 saturated carbocycles. The number of carbonyl (C=O) groups excluding carboxylic acids is 1. The van der Waals surface area contributed by atoms with E-state index in [9.17, 15) is 13.2 Å². The molecule has 0 aliphatic carbocycles. The molecule has 0 saturated heterocycles. The van der Waals surface area contributed by atoms with Crippen LogP contribution in [-0.2, 0) is 19.6 Å². The highest BCUT2D eigenvalue weighted by Crippen LogP contribution is 2.33. The first-order valence-corrected chi connectivity index (χ1v) is 9.13. The van der Waals surface area contributed by atoms with Gasteiger partial charge in [-0.2, -0.15) is 0 Å². The van der Waals surface area contributed by atoms with Crippen LogP contribution < -0.4 is 19.1 Å². The molecule has 0 aliphatic rings. The van der Waals surface area contributed by atoms with Crippen LogP contribution >= 0.6 is 0 Å². The van der Waals surface area contributed by atoms with Crippen LogP contribution in [0.5, 0.6) is 11.5 Å². The van der Waals surface area contributed by atoms with Gasteiger partial charge in [0.25, 0.3) is 0 Å². The zero-order valence-electron chi connectivity index (χ0n) is 14.4. The van der Waals surface area contributed by atoms with E-state index in [0.29, 0.717) is 30.3 Å². The lowest BCUT2D eigenvalue weighted by molar-refractivity contribution is -0.121. The standard InChI is InChI=1S/C15H24N2O6S/c1-21-10-8-16-15(18)7-9-17(24(4,19)20)13-11-12(22-2)5-6-14(13)23-3/h5-6,11H,7-10H2,1-4H3,(H,16,18). The van der Waals surface area contributed by atoms with E-state index in [0.717, 1.165) is 10.6 Å². The number of hydrogen-bond donors (Lipinski definition) is 1. The minimum Gasteiger partial charge on any atom is -0.497 e. The van der Waals surface area contributed by atoms with Gasteiger partial charge in [-0.15, -0.1) is 0 Å². The van der Waals surface area contributed by atoms with Crippen molar-refractivity contribution in [3.05, 3.63) is 18.2 Å². The van der Waals surface area contributed by atoms with Crippen molar-refractivity contribution >= 4 is 21.6 Å². The molecule has 0 atom stereocenters. The molecule has 0 radical (unpaired) electrons. The number of anilines is 1. The molecular weight excluding hydrogens is 336 g/mol. The van der Waals surface area contributed by atoms with Gasteiger partial charge >= 0.3 is 0 Å². The monoisotopic (exact) mass is 360 g/mol. The Morgan fingerprint density at radius 2 is 1.92 bits per heavy atom. The molecule has 8 nitrogen and oxygen atoms in total. The van der Waals surface area contributed by atoms with Gasteiger partial charge in [-0.05, 0) is 12.1 Å². The summed E-state index contributed by atoms with van der Waals surface area (Å²) < 4.78 is 40.6. The summed E-state index contributed by atoms with van der Waals surface area (Å²) in [6.45, 7) is 0.753. The third-order valence-electron chi connectivity index (χ3n) is 3.23. The molecule has 0 aromatic heterocycles. The summed E-state index contributed by atoms with van der Waals surface area (Å²) in [6, 6.07) is 4.84. The van der Waals surface area contributed by atoms with E-state index in [1.165, 1.54) is 21.3 Å². The molecule has 1 rings (SSSR count). The van der Waals surface area contributed by atoms with Crippen LogP contribution in [0.4, 0.5) is 5.69 Å². The summed E-state index contributed by atoms with van der Waals surface area (Å²) >= 11 is 0. The molecule has 0 unspecified atom stereocenters. The predicted molar refractivity (Wildman–Crippen MR) is 91.2 cm³/mol. The van der Waals surface area contributed by atoms with Crippen LogP contribution in [-0.4, -0.2) is 61.6 Å². The number of methoxy groups -OCH3 is 3. The quantitative estimate of drug-likeness (QED) is 0.615. The van der Waals surface area contributed by atoms with E-state index in [-0.39, 0.29) is 18.9 Å². The van der Waals surface area contributed by atoms with Gasteiger partial charge in [0.2, 0.25) is 15.9 Å². The summed E-state index contributed by atoms with van der Waals surface area (Å²) in [5.74, 6) is 0.604. The fourth-order valence-corrected chi connectivity index (χ4v) is 2.96. The average Bonchev–Trinajstić information content (AvgIpc) is 2.53. The van der Waals surface area contributed by atoms with Gasteiger partial charge in [0.05, 0.1) is 32.8 Å². The smallest absolute Gasteiger partial charge is 0.232 e. The first-order valence-electron chi connectivity index (χ1n) is 7.28. The van der Waals surface area contributed by atoms with Crippen molar-refractivity contribution in [2.24, 2.45) is 0 Å². The SMILES string of the molecule is COCCNC(=O)CCN(c1cc(OC)ccc1OC)S(C)(=O)=O. The number of carbonyl (C=O) groups is 1. The number of ether oxygens (including phenoxy) is 3. The van der Waals surface area contributed by atoms with Gasteiger partial charge in [-0.25, -0.2) is 8.42 Å². The number of nitrogens with zero attached hydrogens (tertiary/aromatic N) is 1. The number of sulfonamides is 1. The molecule has 0 spiro atoms. The van der Waals surface area contributed by atoms with Gasteiger partial charge in [0.1, 0.15) is 11.5 Å². The minimum absolute atomic E-state index is 0.0111. The third-order valence-corrected chi connectivity index (χ3v) is 4.41. The van der Waals surface area contributed by atoms with E-state index >= 15 is 0 Å². The van der Waals surface area contributed by atoms with Crippen LogP contribution in [0.2, 0.25) is 0 Å². The Morgan fingerprint density at radius 1 is 1.21 bits per heavy atom. The van der Waals surface area contributed by atoms with Crippen LogP contribution in [0.15, 0.2) is 18.2 Å². The third kappa shape index (κ3) is 5.89. The van der Waals surface area contributed by atoms with Crippen LogP contribution in [0.1, 0.15) is 6.42 Å². The summed E-state index contributed by atoms with van der Waals surface area (Å²) in [6.07, 6.45) is 1.09. The zero-order valence-corrected chi connectivity index (χ0v) is 15.2. The van der Waals surface area contributed by atoms with Crippen molar-refractivity contribution in [1.29, 1.82) is 0 Å². The lowest BCUT2D eigenvalue weighted by Gasteiger charge is -2.24. The van der Waals surface area contributed by atoms with E-state index in [1.807, 2.05) is 0 Å². The van der Waals surface area contributed by atoms with Gasteiger partial charge in [0, 0.05) is 32.7 Å². The van der Waals surface area contributed by atoms with Crippen molar-refractivity contribution < 1.29 is 27.4 Å². The number of hydrogen-bond acceptors (Lipinski definition) is 6. The van der Waals surface area contributed by atoms with Crippen molar-refractivity contribution in [2.45, 2.75) is 6.42 Å². The summed E-state index contributed by atoms with van der Waals surface area (Å²) in [5.41, 5.74) is 0.323. The molecule has 1 aromatic rings. The van der Waals surface area contributed by atoms with Gasteiger partial charge in [-0.1, -0.05) is 0 Å². The largest absolute Gasteiger partial charge is 0.497 e. The lowest BCUT2D eigenvalue weighted by Crippen LogP contribution is -2.35. The van der Waals surface area contributed by atoms with E-state index < -0.39 is 10.0 Å².